The summed E-state index contributed by atoms with van der Waals surface area (Å²) < 4.78 is 1.37. The van der Waals surface area contributed by atoms with Crippen molar-refractivity contribution in [3.63, 3.8) is 0 Å². The Balaban J connectivity index is 2.28. The molecule has 1 aliphatic carbocycles. The molecule has 0 atom stereocenters. The standard InChI is InChI=1S/C12H11I2NO4/c13-6-4-7(9(16)8(14)5-6)10(17)15-12(11(18)19)2-1-3-12/h4-5,16H,1-3H2,(H,15,17)(H,18,19). The van der Waals surface area contributed by atoms with Gasteiger partial charge in [0.05, 0.1) is 9.13 Å². The number of carboxylic acid groups (broad SMARTS) is 1. The van der Waals surface area contributed by atoms with Gasteiger partial charge in [0.15, 0.2) is 0 Å². The largest absolute Gasteiger partial charge is 0.506 e. The number of benzene rings is 1. The first-order chi connectivity index (χ1) is 8.85. The fourth-order valence-corrected chi connectivity index (χ4v) is 3.79. The molecule has 1 amide bonds. The van der Waals surface area contributed by atoms with Crippen LogP contribution in [0, 0.1) is 7.14 Å². The zero-order chi connectivity index (χ0) is 14.2. The number of carboxylic acids is 1. The van der Waals surface area contributed by atoms with Gasteiger partial charge in [0.2, 0.25) is 0 Å². The number of phenolic OH excluding ortho intramolecular Hbond substituents is 1. The summed E-state index contributed by atoms with van der Waals surface area (Å²) in [4.78, 5) is 23.4. The molecule has 102 valence electrons. The maximum absolute atomic E-state index is 12.1. The van der Waals surface area contributed by atoms with Gasteiger partial charge in [0.25, 0.3) is 5.91 Å². The monoisotopic (exact) mass is 487 g/mol. The first kappa shape index (κ1) is 14.8. The van der Waals surface area contributed by atoms with E-state index >= 15 is 0 Å². The Hall–Kier alpha value is -0.580. The van der Waals surface area contributed by atoms with Crippen LogP contribution in [0.15, 0.2) is 12.1 Å². The second-order valence-electron chi connectivity index (χ2n) is 4.48. The van der Waals surface area contributed by atoms with Crippen molar-refractivity contribution in [1.82, 2.24) is 5.32 Å². The highest BCUT2D eigenvalue weighted by molar-refractivity contribution is 14.1. The van der Waals surface area contributed by atoms with Crippen molar-refractivity contribution in [2.45, 2.75) is 24.8 Å². The van der Waals surface area contributed by atoms with Crippen molar-refractivity contribution in [3.8, 4) is 5.75 Å². The topological polar surface area (TPSA) is 86.6 Å². The number of hydrogen-bond donors (Lipinski definition) is 3. The number of nitrogens with one attached hydrogen (secondary N) is 1. The molecule has 1 fully saturated rings. The molecule has 1 aromatic carbocycles. The van der Waals surface area contributed by atoms with Gasteiger partial charge in [-0.1, -0.05) is 0 Å². The molecule has 1 aliphatic rings. The average molecular weight is 487 g/mol. The summed E-state index contributed by atoms with van der Waals surface area (Å²) in [5, 5.41) is 21.6. The number of carbonyl (C=O) groups excluding carboxylic acids is 1. The predicted octanol–water partition coefficient (Wildman–Crippen LogP) is 2.34. The lowest BCUT2D eigenvalue weighted by molar-refractivity contribution is -0.148. The third kappa shape index (κ3) is 2.81. The molecule has 7 heteroatoms. The van der Waals surface area contributed by atoms with Crippen LogP contribution in [0.3, 0.4) is 0 Å². The van der Waals surface area contributed by atoms with Crippen LogP contribution < -0.4 is 5.32 Å². The molecule has 0 aromatic heterocycles. The molecule has 1 aromatic rings. The molecular formula is C12H11I2NO4. The molecular weight excluding hydrogens is 476 g/mol. The highest BCUT2D eigenvalue weighted by Gasteiger charge is 2.46. The molecule has 2 rings (SSSR count). The molecule has 3 N–H and O–H groups in total. The number of amides is 1. The van der Waals surface area contributed by atoms with Crippen molar-refractivity contribution < 1.29 is 19.8 Å². The van der Waals surface area contributed by atoms with Crippen LogP contribution in [0.1, 0.15) is 29.6 Å². The van der Waals surface area contributed by atoms with Crippen molar-refractivity contribution >= 4 is 57.1 Å². The number of hydrogen-bond acceptors (Lipinski definition) is 3. The molecule has 0 spiro atoms. The van der Waals surface area contributed by atoms with Crippen LogP contribution in [0.2, 0.25) is 0 Å². The van der Waals surface area contributed by atoms with E-state index in [1.807, 2.05) is 45.2 Å². The van der Waals surface area contributed by atoms with E-state index in [4.69, 9.17) is 0 Å². The minimum Gasteiger partial charge on any atom is -0.506 e. The van der Waals surface area contributed by atoms with E-state index in [0.29, 0.717) is 16.4 Å². The van der Waals surface area contributed by atoms with E-state index in [9.17, 15) is 19.8 Å². The highest BCUT2D eigenvalue weighted by Crippen LogP contribution is 2.33. The second kappa shape index (κ2) is 5.43. The van der Waals surface area contributed by atoms with Crippen molar-refractivity contribution in [2.75, 3.05) is 0 Å². The lowest BCUT2D eigenvalue weighted by Crippen LogP contribution is -2.59. The SMILES string of the molecule is O=C(NC1(C(=O)O)CCC1)c1cc(I)cc(I)c1O. The smallest absolute Gasteiger partial charge is 0.329 e. The van der Waals surface area contributed by atoms with Gasteiger partial charge >= 0.3 is 5.97 Å². The lowest BCUT2D eigenvalue weighted by atomic mass is 9.76. The molecule has 0 radical (unpaired) electrons. The van der Waals surface area contributed by atoms with Gasteiger partial charge in [-0.05, 0) is 76.6 Å². The van der Waals surface area contributed by atoms with Crippen LogP contribution in [-0.4, -0.2) is 27.6 Å². The molecule has 5 nitrogen and oxygen atoms in total. The van der Waals surface area contributed by atoms with E-state index in [0.717, 1.165) is 9.99 Å². The molecule has 0 unspecified atom stereocenters. The van der Waals surface area contributed by atoms with E-state index in [1.165, 1.54) is 0 Å². The third-order valence-corrected chi connectivity index (χ3v) is 4.69. The Bertz CT molecular complexity index is 555. The highest BCUT2D eigenvalue weighted by atomic mass is 127. The first-order valence-electron chi connectivity index (χ1n) is 5.60. The normalized spacial score (nSPS) is 16.5. The fraction of sp³-hybridized carbons (Fsp3) is 0.333. The quantitative estimate of drug-likeness (QED) is 0.572. The zero-order valence-corrected chi connectivity index (χ0v) is 14.1. The Labute approximate surface area is 137 Å². The van der Waals surface area contributed by atoms with Crippen LogP contribution in [0.5, 0.6) is 5.75 Å². The first-order valence-corrected chi connectivity index (χ1v) is 7.75. The summed E-state index contributed by atoms with van der Waals surface area (Å²) in [6.45, 7) is 0. The van der Waals surface area contributed by atoms with Crippen molar-refractivity contribution in [2.24, 2.45) is 0 Å². The summed E-state index contributed by atoms with van der Waals surface area (Å²) in [5.74, 6) is -1.68. The number of phenols is 1. The second-order valence-corrected chi connectivity index (χ2v) is 6.89. The summed E-state index contributed by atoms with van der Waals surface area (Å²) in [5.41, 5.74) is -1.06. The Kier molecular flexibility index (Phi) is 4.23. The summed E-state index contributed by atoms with van der Waals surface area (Å²) in [6, 6.07) is 3.28. The van der Waals surface area contributed by atoms with E-state index in [1.54, 1.807) is 12.1 Å². The van der Waals surface area contributed by atoms with E-state index in [-0.39, 0.29) is 11.3 Å². The van der Waals surface area contributed by atoms with Gasteiger partial charge in [0, 0.05) is 3.57 Å². The molecule has 19 heavy (non-hydrogen) atoms. The van der Waals surface area contributed by atoms with Gasteiger partial charge in [-0.3, -0.25) is 4.79 Å². The van der Waals surface area contributed by atoms with Gasteiger partial charge in [-0.15, -0.1) is 0 Å². The maximum Gasteiger partial charge on any atom is 0.329 e. The molecule has 1 saturated carbocycles. The van der Waals surface area contributed by atoms with Crippen LogP contribution in [0.4, 0.5) is 0 Å². The number of halogens is 2. The minimum atomic E-state index is -1.17. The van der Waals surface area contributed by atoms with Crippen molar-refractivity contribution in [3.05, 3.63) is 24.8 Å². The third-order valence-electron chi connectivity index (χ3n) is 3.24. The Morgan fingerprint density at radius 2 is 1.89 bits per heavy atom. The lowest BCUT2D eigenvalue weighted by Gasteiger charge is -2.38. The van der Waals surface area contributed by atoms with Crippen LogP contribution in [-0.2, 0) is 4.79 Å². The van der Waals surface area contributed by atoms with Gasteiger partial charge in [-0.2, -0.15) is 0 Å². The number of aliphatic carboxylic acids is 1. The Morgan fingerprint density at radius 1 is 1.26 bits per heavy atom. The number of rotatable bonds is 3. The molecule has 0 heterocycles. The maximum atomic E-state index is 12.1. The number of aromatic hydroxyl groups is 1. The molecule has 0 saturated heterocycles. The van der Waals surface area contributed by atoms with E-state index in [2.05, 4.69) is 5.32 Å². The van der Waals surface area contributed by atoms with Gasteiger partial charge < -0.3 is 15.5 Å². The van der Waals surface area contributed by atoms with Crippen molar-refractivity contribution in [1.29, 1.82) is 0 Å². The molecule has 0 aliphatic heterocycles. The summed E-state index contributed by atoms with van der Waals surface area (Å²) in [6.07, 6.45) is 1.63. The zero-order valence-electron chi connectivity index (χ0n) is 9.74. The average Bonchev–Trinajstić information content (AvgIpc) is 2.27. The fourth-order valence-electron chi connectivity index (χ4n) is 1.95. The van der Waals surface area contributed by atoms with Gasteiger partial charge in [-0.25, -0.2) is 4.79 Å². The summed E-state index contributed by atoms with van der Waals surface area (Å²) >= 11 is 3.97. The Morgan fingerprint density at radius 3 is 2.37 bits per heavy atom. The van der Waals surface area contributed by atoms with Crippen LogP contribution >= 0.6 is 45.2 Å². The van der Waals surface area contributed by atoms with E-state index < -0.39 is 17.4 Å². The molecule has 0 bridgehead atoms. The summed E-state index contributed by atoms with van der Waals surface area (Å²) in [7, 11) is 0. The number of carbonyl (C=O) groups is 2. The van der Waals surface area contributed by atoms with Crippen LogP contribution in [0.25, 0.3) is 0 Å². The van der Waals surface area contributed by atoms with Gasteiger partial charge in [0.1, 0.15) is 11.3 Å². The minimum absolute atomic E-state index is 0.113. The predicted molar refractivity (Wildman–Crippen MR) is 85.2 cm³/mol.